The molecule has 0 saturated carbocycles. The van der Waals surface area contributed by atoms with Gasteiger partial charge in [-0.25, -0.2) is 8.42 Å². The molecule has 0 bridgehead atoms. The average molecular weight is 387 g/mol. The molecule has 0 radical (unpaired) electrons. The second kappa shape index (κ2) is 8.78. The Hall–Kier alpha value is -2.02. The Morgan fingerprint density at radius 1 is 1.04 bits per heavy atom. The lowest BCUT2D eigenvalue weighted by atomic mass is 10.0. The van der Waals surface area contributed by atoms with Gasteiger partial charge < -0.3 is 5.32 Å². The summed E-state index contributed by atoms with van der Waals surface area (Å²) in [6.07, 6.45) is 1.78. The zero-order valence-corrected chi connectivity index (χ0v) is 16.4. The average Bonchev–Trinajstić information content (AvgIpc) is 2.69. The smallest absolute Gasteiger partial charge is 0.243 e. The molecule has 27 heavy (non-hydrogen) atoms. The molecule has 1 aliphatic rings. The molecule has 1 saturated heterocycles. The molecule has 2 aromatic rings. The maximum Gasteiger partial charge on any atom is 0.243 e. The van der Waals surface area contributed by atoms with E-state index in [9.17, 15) is 13.2 Å². The van der Waals surface area contributed by atoms with E-state index in [2.05, 4.69) is 12.2 Å². The van der Waals surface area contributed by atoms with Crippen LogP contribution < -0.4 is 5.32 Å². The van der Waals surface area contributed by atoms with Gasteiger partial charge in [0.15, 0.2) is 5.78 Å². The molecule has 0 aromatic heterocycles. The number of nitrogens with zero attached hydrogens (tertiary/aromatic N) is 1. The fourth-order valence-corrected chi connectivity index (χ4v) is 4.68. The summed E-state index contributed by atoms with van der Waals surface area (Å²) < 4.78 is 27.0. The van der Waals surface area contributed by atoms with E-state index in [0.29, 0.717) is 31.1 Å². The molecule has 1 aliphatic heterocycles. The van der Waals surface area contributed by atoms with E-state index in [1.54, 1.807) is 16.4 Å². The van der Waals surface area contributed by atoms with E-state index in [4.69, 9.17) is 0 Å². The largest absolute Gasteiger partial charge is 0.306 e. The van der Waals surface area contributed by atoms with Crippen LogP contribution in [0.25, 0.3) is 0 Å². The number of piperidine rings is 1. The number of Topliss-reactive ketones (excluding diaryl/α,β-unsaturated/α-hetero) is 1. The van der Waals surface area contributed by atoms with Gasteiger partial charge in [-0.05, 0) is 36.5 Å². The van der Waals surface area contributed by atoms with Crippen LogP contribution in [0.4, 0.5) is 0 Å². The highest BCUT2D eigenvalue weighted by molar-refractivity contribution is 7.89. The van der Waals surface area contributed by atoms with Crippen LogP contribution in [0.5, 0.6) is 0 Å². The number of carbonyl (C=O) groups excluding carboxylic acids is 1. The minimum Gasteiger partial charge on any atom is -0.306 e. The molecule has 0 amide bonds. The van der Waals surface area contributed by atoms with Crippen molar-refractivity contribution < 1.29 is 13.2 Å². The van der Waals surface area contributed by atoms with Gasteiger partial charge in [-0.3, -0.25) is 4.79 Å². The summed E-state index contributed by atoms with van der Waals surface area (Å²) in [4.78, 5) is 12.6. The normalized spacial score (nSPS) is 16.3. The van der Waals surface area contributed by atoms with Gasteiger partial charge in [0.1, 0.15) is 0 Å². The minimum absolute atomic E-state index is 0.0540. The van der Waals surface area contributed by atoms with Crippen LogP contribution in [0.1, 0.15) is 35.7 Å². The molecular weight excluding hydrogens is 360 g/mol. The zero-order valence-electron chi connectivity index (χ0n) is 15.6. The van der Waals surface area contributed by atoms with Gasteiger partial charge in [0, 0.05) is 25.2 Å². The molecule has 1 N–H and O–H groups in total. The van der Waals surface area contributed by atoms with Gasteiger partial charge in [-0.2, -0.15) is 4.31 Å². The van der Waals surface area contributed by atoms with Crippen molar-refractivity contribution >= 4 is 15.8 Å². The molecule has 5 nitrogen and oxygen atoms in total. The third-order valence-electron chi connectivity index (χ3n) is 5.01. The quantitative estimate of drug-likeness (QED) is 0.743. The van der Waals surface area contributed by atoms with Crippen molar-refractivity contribution in [2.24, 2.45) is 5.92 Å². The van der Waals surface area contributed by atoms with Crippen LogP contribution in [0, 0.1) is 5.92 Å². The molecule has 2 aromatic carbocycles. The van der Waals surface area contributed by atoms with Gasteiger partial charge in [-0.1, -0.05) is 49.4 Å². The van der Waals surface area contributed by atoms with E-state index in [1.807, 2.05) is 30.3 Å². The Morgan fingerprint density at radius 2 is 1.67 bits per heavy atom. The van der Waals surface area contributed by atoms with Crippen LogP contribution in [-0.4, -0.2) is 38.1 Å². The molecule has 0 aliphatic carbocycles. The number of nitrogens with one attached hydrogen (secondary N) is 1. The Morgan fingerprint density at radius 3 is 2.30 bits per heavy atom. The topological polar surface area (TPSA) is 66.5 Å². The van der Waals surface area contributed by atoms with E-state index >= 15 is 0 Å². The first kappa shape index (κ1) is 19.7. The Bertz CT molecular complexity index is 856. The predicted octanol–water partition coefficient (Wildman–Crippen LogP) is 3.08. The predicted molar refractivity (Wildman–Crippen MR) is 106 cm³/mol. The third-order valence-corrected chi connectivity index (χ3v) is 6.93. The summed E-state index contributed by atoms with van der Waals surface area (Å²) in [5, 5.41) is 3.12. The lowest BCUT2D eigenvalue weighted by molar-refractivity contribution is 0.0990. The molecule has 0 unspecified atom stereocenters. The standard InChI is InChI=1S/C21H26N2O3S/c1-17-11-13-23(14-12-17)27(25,26)20-9-7-19(8-10-20)21(24)16-22-15-18-5-3-2-4-6-18/h2-10,17,22H,11-16H2,1H3. The van der Waals surface area contributed by atoms with Crippen LogP contribution >= 0.6 is 0 Å². The second-order valence-corrected chi connectivity index (χ2v) is 9.06. The highest BCUT2D eigenvalue weighted by Gasteiger charge is 2.28. The third kappa shape index (κ3) is 5.03. The monoisotopic (exact) mass is 386 g/mol. The van der Waals surface area contributed by atoms with Crippen molar-refractivity contribution in [2.75, 3.05) is 19.6 Å². The highest BCUT2D eigenvalue weighted by Crippen LogP contribution is 2.23. The molecule has 0 atom stereocenters. The molecule has 3 rings (SSSR count). The van der Waals surface area contributed by atoms with Crippen LogP contribution in [0.2, 0.25) is 0 Å². The lowest BCUT2D eigenvalue weighted by Gasteiger charge is -2.29. The molecule has 0 spiro atoms. The first-order chi connectivity index (χ1) is 13.0. The van der Waals surface area contributed by atoms with Crippen LogP contribution in [0.15, 0.2) is 59.5 Å². The summed E-state index contributed by atoms with van der Waals surface area (Å²) in [5.41, 5.74) is 1.63. The van der Waals surface area contributed by atoms with E-state index in [1.165, 1.54) is 12.1 Å². The Balaban J connectivity index is 1.58. The lowest BCUT2D eigenvalue weighted by Crippen LogP contribution is -2.37. The summed E-state index contributed by atoms with van der Waals surface area (Å²) in [7, 11) is -3.47. The summed E-state index contributed by atoms with van der Waals surface area (Å²) >= 11 is 0. The molecule has 1 heterocycles. The van der Waals surface area contributed by atoms with Crippen molar-refractivity contribution in [3.8, 4) is 0 Å². The molecule has 6 heteroatoms. The van der Waals surface area contributed by atoms with E-state index in [0.717, 1.165) is 18.4 Å². The summed E-state index contributed by atoms with van der Waals surface area (Å²) in [6.45, 7) is 4.11. The van der Waals surface area contributed by atoms with Gasteiger partial charge in [-0.15, -0.1) is 0 Å². The van der Waals surface area contributed by atoms with Crippen molar-refractivity contribution in [3.05, 3.63) is 65.7 Å². The Kier molecular flexibility index (Phi) is 6.42. The number of hydrogen-bond acceptors (Lipinski definition) is 4. The number of sulfonamides is 1. The molecular formula is C21H26N2O3S. The molecule has 1 fully saturated rings. The van der Waals surface area contributed by atoms with Crippen LogP contribution in [0.3, 0.4) is 0 Å². The van der Waals surface area contributed by atoms with E-state index in [-0.39, 0.29) is 17.2 Å². The van der Waals surface area contributed by atoms with Gasteiger partial charge in [0.2, 0.25) is 10.0 Å². The van der Waals surface area contributed by atoms with Crippen LogP contribution in [-0.2, 0) is 16.6 Å². The maximum absolute atomic E-state index is 12.7. The van der Waals surface area contributed by atoms with Gasteiger partial charge in [0.05, 0.1) is 11.4 Å². The van der Waals surface area contributed by atoms with E-state index < -0.39 is 10.0 Å². The SMILES string of the molecule is CC1CCN(S(=O)(=O)c2ccc(C(=O)CNCc3ccccc3)cc2)CC1. The molecule has 144 valence electrons. The fourth-order valence-electron chi connectivity index (χ4n) is 3.21. The first-order valence-corrected chi connectivity index (χ1v) is 10.8. The second-order valence-electron chi connectivity index (χ2n) is 7.12. The number of carbonyl (C=O) groups is 1. The van der Waals surface area contributed by atoms with Crippen molar-refractivity contribution in [1.82, 2.24) is 9.62 Å². The first-order valence-electron chi connectivity index (χ1n) is 9.35. The summed E-state index contributed by atoms with van der Waals surface area (Å²) in [6, 6.07) is 16.2. The number of benzene rings is 2. The maximum atomic E-state index is 12.7. The van der Waals surface area contributed by atoms with Crippen molar-refractivity contribution in [2.45, 2.75) is 31.2 Å². The highest BCUT2D eigenvalue weighted by atomic mass is 32.2. The zero-order chi connectivity index (χ0) is 19.3. The van der Waals surface area contributed by atoms with Crippen molar-refractivity contribution in [3.63, 3.8) is 0 Å². The minimum atomic E-state index is -3.47. The summed E-state index contributed by atoms with van der Waals surface area (Å²) in [5.74, 6) is 0.515. The number of hydrogen-bond donors (Lipinski definition) is 1. The van der Waals surface area contributed by atoms with Gasteiger partial charge in [0.25, 0.3) is 0 Å². The van der Waals surface area contributed by atoms with Gasteiger partial charge >= 0.3 is 0 Å². The van der Waals surface area contributed by atoms with Crippen molar-refractivity contribution in [1.29, 1.82) is 0 Å². The Labute approximate surface area is 161 Å². The number of rotatable bonds is 7. The fraction of sp³-hybridized carbons (Fsp3) is 0.381. The number of ketones is 1.